The number of anilines is 3. The van der Waals surface area contributed by atoms with Crippen LogP contribution in [-0.2, 0) is 10.8 Å². The van der Waals surface area contributed by atoms with Gasteiger partial charge in [-0.25, -0.2) is 0 Å². The van der Waals surface area contributed by atoms with E-state index in [4.69, 9.17) is 11.5 Å². The van der Waals surface area contributed by atoms with Crippen LogP contribution in [0.4, 0.5) is 17.1 Å². The molecule has 1 aromatic carbocycles. The van der Waals surface area contributed by atoms with Crippen LogP contribution in [0.1, 0.15) is 26.7 Å². The fourth-order valence-electron chi connectivity index (χ4n) is 2.09. The van der Waals surface area contributed by atoms with Gasteiger partial charge in [-0.1, -0.05) is 13.8 Å². The lowest BCUT2D eigenvalue weighted by molar-refractivity contribution is 0.687. The Kier molecular flexibility index (Phi) is 5.47. The maximum absolute atomic E-state index is 11.6. The summed E-state index contributed by atoms with van der Waals surface area (Å²) in [5.41, 5.74) is 14.2. The third-order valence-electron chi connectivity index (χ3n) is 2.82. The van der Waals surface area contributed by atoms with Gasteiger partial charge in [0.1, 0.15) is 0 Å². The topological polar surface area (TPSA) is 72.3 Å². The zero-order chi connectivity index (χ0) is 13.7. The maximum atomic E-state index is 11.6. The van der Waals surface area contributed by atoms with E-state index in [0.717, 1.165) is 31.6 Å². The van der Waals surface area contributed by atoms with Crippen LogP contribution in [0.15, 0.2) is 17.0 Å². The Labute approximate surface area is 112 Å². The molecule has 102 valence electrons. The molecule has 0 saturated heterocycles. The predicted molar refractivity (Wildman–Crippen MR) is 80.4 cm³/mol. The van der Waals surface area contributed by atoms with E-state index in [1.54, 1.807) is 18.4 Å². The smallest absolute Gasteiger partial charge is 0.0845 e. The quantitative estimate of drug-likeness (QED) is 0.777. The lowest BCUT2D eigenvalue weighted by Crippen LogP contribution is -2.27. The third-order valence-corrected chi connectivity index (χ3v) is 3.80. The molecular formula is C13H23N3OS. The van der Waals surface area contributed by atoms with Crippen molar-refractivity contribution in [2.24, 2.45) is 0 Å². The lowest BCUT2D eigenvalue weighted by atomic mass is 10.2. The molecular weight excluding hydrogens is 246 g/mol. The largest absolute Gasteiger partial charge is 0.397 e. The Balaban J connectivity index is 3.26. The van der Waals surface area contributed by atoms with Crippen LogP contribution < -0.4 is 16.4 Å². The number of hydrogen-bond donors (Lipinski definition) is 2. The van der Waals surface area contributed by atoms with Crippen molar-refractivity contribution in [1.29, 1.82) is 0 Å². The summed E-state index contributed by atoms with van der Waals surface area (Å²) in [4.78, 5) is 2.84. The van der Waals surface area contributed by atoms with E-state index in [9.17, 15) is 4.21 Å². The normalized spacial score (nSPS) is 12.4. The highest BCUT2D eigenvalue weighted by atomic mass is 32.2. The zero-order valence-corrected chi connectivity index (χ0v) is 12.2. The summed E-state index contributed by atoms with van der Waals surface area (Å²) in [5, 5.41) is 0. The molecule has 0 bridgehead atoms. The van der Waals surface area contributed by atoms with E-state index in [1.807, 2.05) is 0 Å². The van der Waals surface area contributed by atoms with Crippen LogP contribution in [0.2, 0.25) is 0 Å². The van der Waals surface area contributed by atoms with Gasteiger partial charge >= 0.3 is 0 Å². The van der Waals surface area contributed by atoms with Gasteiger partial charge < -0.3 is 16.4 Å². The lowest BCUT2D eigenvalue weighted by Gasteiger charge is -2.27. The number of hydrogen-bond acceptors (Lipinski definition) is 4. The van der Waals surface area contributed by atoms with E-state index in [-0.39, 0.29) is 0 Å². The second-order valence-corrected chi connectivity index (χ2v) is 5.70. The first-order valence-corrected chi connectivity index (χ1v) is 7.85. The van der Waals surface area contributed by atoms with Crippen molar-refractivity contribution in [1.82, 2.24) is 0 Å². The van der Waals surface area contributed by atoms with Gasteiger partial charge in [-0.3, -0.25) is 4.21 Å². The summed E-state index contributed by atoms with van der Waals surface area (Å²) in [7, 11) is -1.09. The van der Waals surface area contributed by atoms with Crippen molar-refractivity contribution < 1.29 is 4.21 Å². The van der Waals surface area contributed by atoms with Crippen molar-refractivity contribution in [3.8, 4) is 0 Å². The zero-order valence-electron chi connectivity index (χ0n) is 11.4. The molecule has 4 nitrogen and oxygen atoms in total. The first-order valence-electron chi connectivity index (χ1n) is 6.29. The van der Waals surface area contributed by atoms with Gasteiger partial charge in [0.25, 0.3) is 0 Å². The molecule has 1 atom stereocenters. The van der Waals surface area contributed by atoms with Crippen LogP contribution in [0.5, 0.6) is 0 Å². The number of nitrogen functional groups attached to an aromatic ring is 2. The Morgan fingerprint density at radius 1 is 1.17 bits per heavy atom. The fourth-order valence-corrected chi connectivity index (χ4v) is 2.75. The Bertz CT molecular complexity index is 428. The van der Waals surface area contributed by atoms with Crippen LogP contribution in [-0.4, -0.2) is 23.6 Å². The molecule has 0 heterocycles. The molecule has 0 aliphatic rings. The first kappa shape index (κ1) is 14.8. The van der Waals surface area contributed by atoms with Crippen molar-refractivity contribution in [2.75, 3.05) is 35.7 Å². The van der Waals surface area contributed by atoms with E-state index in [0.29, 0.717) is 16.3 Å². The number of benzene rings is 1. The van der Waals surface area contributed by atoms with Crippen LogP contribution in [0.25, 0.3) is 0 Å². The molecule has 0 aromatic heterocycles. The Morgan fingerprint density at radius 3 is 2.17 bits per heavy atom. The molecule has 0 aliphatic carbocycles. The van der Waals surface area contributed by atoms with E-state index in [2.05, 4.69) is 18.7 Å². The van der Waals surface area contributed by atoms with Crippen molar-refractivity contribution in [2.45, 2.75) is 31.6 Å². The number of nitrogens with zero attached hydrogens (tertiary/aromatic N) is 1. The minimum Gasteiger partial charge on any atom is -0.397 e. The monoisotopic (exact) mass is 269 g/mol. The van der Waals surface area contributed by atoms with Gasteiger partial charge in [0.05, 0.1) is 32.8 Å². The molecule has 0 amide bonds. The molecule has 0 radical (unpaired) electrons. The Hall–Kier alpha value is -1.23. The van der Waals surface area contributed by atoms with E-state index >= 15 is 0 Å². The highest BCUT2D eigenvalue weighted by Crippen LogP contribution is 2.34. The van der Waals surface area contributed by atoms with Crippen LogP contribution in [0, 0.1) is 0 Å². The summed E-state index contributed by atoms with van der Waals surface area (Å²) in [6.45, 7) is 6.05. The van der Waals surface area contributed by atoms with E-state index < -0.39 is 10.8 Å². The van der Waals surface area contributed by atoms with Gasteiger partial charge in [-0.2, -0.15) is 0 Å². The second-order valence-electron chi connectivity index (χ2n) is 4.36. The average Bonchev–Trinajstić information content (AvgIpc) is 2.29. The number of rotatable bonds is 6. The van der Waals surface area contributed by atoms with Gasteiger partial charge in [-0.05, 0) is 25.0 Å². The van der Waals surface area contributed by atoms with Gasteiger partial charge in [-0.15, -0.1) is 0 Å². The average molecular weight is 269 g/mol. The molecule has 0 aliphatic heterocycles. The molecule has 1 aromatic rings. The van der Waals surface area contributed by atoms with Crippen molar-refractivity contribution in [3.05, 3.63) is 12.1 Å². The molecule has 0 fully saturated rings. The molecule has 5 heteroatoms. The second kappa shape index (κ2) is 6.64. The highest BCUT2D eigenvalue weighted by molar-refractivity contribution is 7.84. The standard InChI is InChI=1S/C13H23N3OS/c1-4-8-16(9-5-2)13-10(14)6-7-11(12(13)15)18(3)17/h6-7H,4-5,8-9,14-15H2,1-3H3. The summed E-state index contributed by atoms with van der Waals surface area (Å²) in [6.07, 6.45) is 3.69. The summed E-state index contributed by atoms with van der Waals surface area (Å²) < 4.78 is 11.6. The number of nitrogens with two attached hydrogens (primary N) is 2. The third kappa shape index (κ3) is 3.16. The minimum atomic E-state index is -1.09. The molecule has 1 unspecified atom stereocenters. The van der Waals surface area contributed by atoms with Crippen LogP contribution >= 0.6 is 0 Å². The van der Waals surface area contributed by atoms with Crippen molar-refractivity contribution >= 4 is 27.9 Å². The molecule has 18 heavy (non-hydrogen) atoms. The molecule has 0 saturated carbocycles. The van der Waals surface area contributed by atoms with E-state index in [1.165, 1.54) is 0 Å². The Morgan fingerprint density at radius 2 is 1.72 bits per heavy atom. The van der Waals surface area contributed by atoms with Crippen molar-refractivity contribution in [3.63, 3.8) is 0 Å². The first-order chi connectivity index (χ1) is 8.52. The summed E-state index contributed by atoms with van der Waals surface area (Å²) >= 11 is 0. The molecule has 4 N–H and O–H groups in total. The predicted octanol–water partition coefficient (Wildman–Crippen LogP) is 2.21. The summed E-state index contributed by atoms with van der Waals surface area (Å²) in [6, 6.07) is 3.54. The van der Waals surface area contributed by atoms with Gasteiger partial charge in [0.15, 0.2) is 0 Å². The SMILES string of the molecule is CCCN(CCC)c1c(N)ccc(S(C)=O)c1N. The van der Waals surface area contributed by atoms with Crippen LogP contribution in [0.3, 0.4) is 0 Å². The van der Waals surface area contributed by atoms with Gasteiger partial charge in [0.2, 0.25) is 0 Å². The maximum Gasteiger partial charge on any atom is 0.0845 e. The fraction of sp³-hybridized carbons (Fsp3) is 0.538. The van der Waals surface area contributed by atoms with Gasteiger partial charge in [0, 0.05) is 19.3 Å². The summed E-state index contributed by atoms with van der Waals surface area (Å²) in [5.74, 6) is 0. The highest BCUT2D eigenvalue weighted by Gasteiger charge is 2.16. The molecule has 0 spiro atoms. The molecule has 1 rings (SSSR count). The minimum absolute atomic E-state index is 0.553.